The minimum Gasteiger partial charge on any atom is -0.458 e. The van der Waals surface area contributed by atoms with Crippen LogP contribution in [0, 0.1) is 0 Å². The van der Waals surface area contributed by atoms with E-state index in [0.29, 0.717) is 19.0 Å². The van der Waals surface area contributed by atoms with Gasteiger partial charge in [-0.3, -0.25) is 9.88 Å². The van der Waals surface area contributed by atoms with Crippen LogP contribution in [0.5, 0.6) is 6.01 Å². The van der Waals surface area contributed by atoms with Gasteiger partial charge in [0.15, 0.2) is 5.65 Å². The summed E-state index contributed by atoms with van der Waals surface area (Å²) in [4.78, 5) is 15.5. The highest BCUT2D eigenvalue weighted by Crippen LogP contribution is 2.29. The van der Waals surface area contributed by atoms with Crippen LogP contribution in [0.25, 0.3) is 11.0 Å². The number of aromatic nitrogens is 4. The molecule has 0 unspecified atom stereocenters. The first-order valence-corrected chi connectivity index (χ1v) is 11.6. The predicted octanol–water partition coefficient (Wildman–Crippen LogP) is 4.39. The van der Waals surface area contributed by atoms with E-state index in [9.17, 15) is 0 Å². The fourth-order valence-corrected chi connectivity index (χ4v) is 4.59. The molecule has 0 spiro atoms. The number of fused-ring (bicyclic) bond motifs is 1. The number of pyridine rings is 1. The Morgan fingerprint density at radius 1 is 0.906 bits per heavy atom. The van der Waals surface area contributed by atoms with E-state index in [1.165, 1.54) is 37.1 Å². The highest BCUT2D eigenvalue weighted by molar-refractivity contribution is 9.10. The number of ether oxygens (including phenoxy) is 1. The standard InChI is InChI=1S/C24H25BrN6O/c25-21-13-20-22(26)28-24(32-16-19-7-9-27-10-8-19)29-23(20)31(21)15-18-5-3-17(4-6-18)14-30-11-1-2-12-30/h3-10,13H,1-2,11-12,14-16H2,(H2,26,28,29). The van der Waals surface area contributed by atoms with Crippen molar-refractivity contribution in [3.05, 3.63) is 76.2 Å². The van der Waals surface area contributed by atoms with Crippen LogP contribution in [0.2, 0.25) is 0 Å². The van der Waals surface area contributed by atoms with Gasteiger partial charge in [0.2, 0.25) is 0 Å². The fraction of sp³-hybridized carbons (Fsp3) is 0.292. The summed E-state index contributed by atoms with van der Waals surface area (Å²) in [6.07, 6.45) is 6.09. The van der Waals surface area contributed by atoms with Crippen LogP contribution in [0.15, 0.2) is 59.5 Å². The molecule has 0 saturated carbocycles. The van der Waals surface area contributed by atoms with E-state index in [4.69, 9.17) is 10.5 Å². The lowest BCUT2D eigenvalue weighted by atomic mass is 10.1. The molecule has 7 nitrogen and oxygen atoms in total. The molecule has 0 amide bonds. The van der Waals surface area contributed by atoms with E-state index in [0.717, 1.165) is 27.7 Å². The third kappa shape index (κ3) is 4.61. The lowest BCUT2D eigenvalue weighted by molar-refractivity contribution is 0.282. The van der Waals surface area contributed by atoms with Crippen LogP contribution in [0.1, 0.15) is 29.5 Å². The van der Waals surface area contributed by atoms with Crippen molar-refractivity contribution >= 4 is 32.8 Å². The zero-order valence-electron chi connectivity index (χ0n) is 17.7. The smallest absolute Gasteiger partial charge is 0.320 e. The number of likely N-dealkylation sites (tertiary alicyclic amines) is 1. The summed E-state index contributed by atoms with van der Waals surface area (Å²) in [5.41, 5.74) is 10.5. The van der Waals surface area contributed by atoms with Crippen LogP contribution >= 0.6 is 15.9 Å². The van der Waals surface area contributed by atoms with Crippen molar-refractivity contribution in [3.8, 4) is 6.01 Å². The zero-order chi connectivity index (χ0) is 21.9. The molecule has 0 atom stereocenters. The summed E-state index contributed by atoms with van der Waals surface area (Å²) >= 11 is 3.66. The van der Waals surface area contributed by atoms with Gasteiger partial charge in [-0.25, -0.2) is 0 Å². The number of rotatable bonds is 7. The number of halogens is 1. The Morgan fingerprint density at radius 3 is 2.31 bits per heavy atom. The molecule has 2 N–H and O–H groups in total. The Hall–Kier alpha value is -2.97. The number of nitrogens with zero attached hydrogens (tertiary/aromatic N) is 5. The van der Waals surface area contributed by atoms with E-state index < -0.39 is 0 Å². The number of benzene rings is 1. The zero-order valence-corrected chi connectivity index (χ0v) is 19.3. The number of anilines is 1. The van der Waals surface area contributed by atoms with Crippen molar-refractivity contribution in [2.24, 2.45) is 0 Å². The third-order valence-electron chi connectivity index (χ3n) is 5.80. The van der Waals surface area contributed by atoms with Gasteiger partial charge in [0.1, 0.15) is 12.4 Å². The van der Waals surface area contributed by atoms with Crippen LogP contribution in [0.3, 0.4) is 0 Å². The van der Waals surface area contributed by atoms with Crippen LogP contribution in [-0.4, -0.2) is 37.5 Å². The summed E-state index contributed by atoms with van der Waals surface area (Å²) < 4.78 is 8.80. The minimum atomic E-state index is 0.264. The average molecular weight is 493 g/mol. The maximum atomic E-state index is 6.22. The van der Waals surface area contributed by atoms with Crippen molar-refractivity contribution in [1.29, 1.82) is 0 Å². The van der Waals surface area contributed by atoms with Crippen molar-refractivity contribution in [1.82, 2.24) is 24.4 Å². The maximum absolute atomic E-state index is 6.22. The molecular formula is C24H25BrN6O. The molecule has 0 aliphatic carbocycles. The lowest BCUT2D eigenvalue weighted by Gasteiger charge is -2.15. The molecule has 1 aromatic carbocycles. The van der Waals surface area contributed by atoms with Gasteiger partial charge >= 0.3 is 6.01 Å². The number of hydrogen-bond donors (Lipinski definition) is 1. The normalized spacial score (nSPS) is 14.3. The largest absolute Gasteiger partial charge is 0.458 e. The topological polar surface area (TPSA) is 82.1 Å². The number of hydrogen-bond acceptors (Lipinski definition) is 6. The van der Waals surface area contributed by atoms with Crippen molar-refractivity contribution in [2.45, 2.75) is 32.5 Å². The van der Waals surface area contributed by atoms with E-state index in [2.05, 4.69) is 64.6 Å². The molecule has 32 heavy (non-hydrogen) atoms. The molecule has 4 aromatic rings. The molecule has 5 rings (SSSR count). The quantitative estimate of drug-likeness (QED) is 0.411. The van der Waals surface area contributed by atoms with Crippen LogP contribution in [-0.2, 0) is 19.7 Å². The molecule has 0 bridgehead atoms. The van der Waals surface area contributed by atoms with E-state index in [1.54, 1.807) is 12.4 Å². The fourth-order valence-electron chi connectivity index (χ4n) is 4.07. The van der Waals surface area contributed by atoms with Gasteiger partial charge < -0.3 is 15.0 Å². The molecule has 4 heterocycles. The Kier molecular flexibility index (Phi) is 6.05. The van der Waals surface area contributed by atoms with Crippen molar-refractivity contribution in [2.75, 3.05) is 18.8 Å². The molecule has 1 aliphatic heterocycles. The molecule has 1 saturated heterocycles. The van der Waals surface area contributed by atoms with Gasteiger partial charge in [0.05, 0.1) is 16.5 Å². The molecule has 164 valence electrons. The Morgan fingerprint density at radius 2 is 1.59 bits per heavy atom. The number of nitrogens with two attached hydrogens (primary N) is 1. The molecule has 0 radical (unpaired) electrons. The van der Waals surface area contributed by atoms with Crippen molar-refractivity contribution < 1.29 is 4.74 Å². The average Bonchev–Trinajstić information content (AvgIpc) is 3.43. The molecule has 3 aromatic heterocycles. The molecule has 8 heteroatoms. The van der Waals surface area contributed by atoms with Gasteiger partial charge in [-0.05, 0) is 76.8 Å². The van der Waals surface area contributed by atoms with E-state index in [-0.39, 0.29) is 6.01 Å². The Bertz CT molecular complexity index is 1200. The summed E-state index contributed by atoms with van der Waals surface area (Å²) in [6, 6.07) is 14.8. The predicted molar refractivity (Wildman–Crippen MR) is 128 cm³/mol. The summed E-state index contributed by atoms with van der Waals surface area (Å²) in [6.45, 7) is 4.47. The SMILES string of the molecule is Nc1nc(OCc2ccncc2)nc2c1cc(Br)n2Cc1ccc(CN2CCCC2)cc1. The number of nitrogen functional groups attached to an aromatic ring is 1. The second kappa shape index (κ2) is 9.26. The highest BCUT2D eigenvalue weighted by Gasteiger charge is 2.15. The summed E-state index contributed by atoms with van der Waals surface area (Å²) in [5.74, 6) is 0.403. The molecule has 1 aliphatic rings. The second-order valence-electron chi connectivity index (χ2n) is 8.13. The minimum absolute atomic E-state index is 0.264. The summed E-state index contributed by atoms with van der Waals surface area (Å²) in [5, 5.41) is 0.804. The highest BCUT2D eigenvalue weighted by atomic mass is 79.9. The second-order valence-corrected chi connectivity index (χ2v) is 8.94. The van der Waals surface area contributed by atoms with Gasteiger partial charge in [-0.1, -0.05) is 24.3 Å². The molecule has 1 fully saturated rings. The summed E-state index contributed by atoms with van der Waals surface area (Å²) in [7, 11) is 0. The van der Waals surface area contributed by atoms with Gasteiger partial charge in [0, 0.05) is 18.9 Å². The van der Waals surface area contributed by atoms with E-state index >= 15 is 0 Å². The monoisotopic (exact) mass is 492 g/mol. The van der Waals surface area contributed by atoms with E-state index in [1.807, 2.05) is 18.2 Å². The van der Waals surface area contributed by atoms with Gasteiger partial charge in [-0.2, -0.15) is 9.97 Å². The maximum Gasteiger partial charge on any atom is 0.320 e. The molecular weight excluding hydrogens is 468 g/mol. The van der Waals surface area contributed by atoms with Crippen LogP contribution in [0.4, 0.5) is 5.82 Å². The first kappa shape index (κ1) is 20.9. The first-order valence-electron chi connectivity index (χ1n) is 10.8. The van der Waals surface area contributed by atoms with Gasteiger partial charge in [0.25, 0.3) is 0 Å². The van der Waals surface area contributed by atoms with Gasteiger partial charge in [-0.15, -0.1) is 0 Å². The van der Waals surface area contributed by atoms with Crippen molar-refractivity contribution in [3.63, 3.8) is 0 Å². The Balaban J connectivity index is 1.35. The Labute approximate surface area is 195 Å². The first-order chi connectivity index (χ1) is 15.7. The third-order valence-corrected chi connectivity index (χ3v) is 6.45. The van der Waals surface area contributed by atoms with Crippen LogP contribution < -0.4 is 10.5 Å². The lowest BCUT2D eigenvalue weighted by Crippen LogP contribution is -2.18.